The van der Waals surface area contributed by atoms with Crippen LogP contribution in [0.4, 0.5) is 0 Å². The van der Waals surface area contributed by atoms with Gasteiger partial charge in [-0.2, -0.15) is 0 Å². The van der Waals surface area contributed by atoms with E-state index >= 15 is 0 Å². The first-order valence-corrected chi connectivity index (χ1v) is 8.20. The number of rotatable bonds is 5. The van der Waals surface area contributed by atoms with E-state index in [1.54, 1.807) is 0 Å². The molecule has 0 heterocycles. The summed E-state index contributed by atoms with van der Waals surface area (Å²) in [6.07, 6.45) is 3.65. The molecule has 4 nitrogen and oxygen atoms in total. The molecule has 4 heteroatoms. The minimum Gasteiger partial charge on any atom is -0.481 e. The van der Waals surface area contributed by atoms with E-state index in [0.29, 0.717) is 0 Å². The van der Waals surface area contributed by atoms with Crippen LogP contribution in [0.5, 0.6) is 0 Å². The number of nitrogens with one attached hydrogen (secondary N) is 1. The van der Waals surface area contributed by atoms with Crippen LogP contribution in [0.1, 0.15) is 44.2 Å². The summed E-state index contributed by atoms with van der Waals surface area (Å²) in [5.74, 6) is -1.29. The zero-order chi connectivity index (χ0) is 15.7. The lowest BCUT2D eigenvalue weighted by Crippen LogP contribution is -2.42. The van der Waals surface area contributed by atoms with Gasteiger partial charge in [-0.05, 0) is 43.1 Å². The second-order valence-corrected chi connectivity index (χ2v) is 6.60. The van der Waals surface area contributed by atoms with Crippen LogP contribution in [0.3, 0.4) is 0 Å². The van der Waals surface area contributed by atoms with Crippen LogP contribution in [0.25, 0.3) is 0 Å². The first-order valence-electron chi connectivity index (χ1n) is 8.20. The fourth-order valence-electron chi connectivity index (χ4n) is 4.40. The number of hydrogen-bond donors (Lipinski definition) is 2. The van der Waals surface area contributed by atoms with Crippen molar-refractivity contribution in [1.82, 2.24) is 5.32 Å². The summed E-state index contributed by atoms with van der Waals surface area (Å²) in [6, 6.07) is 9.84. The Kier molecular flexibility index (Phi) is 4.19. The molecule has 2 saturated carbocycles. The summed E-state index contributed by atoms with van der Waals surface area (Å²) in [4.78, 5) is 24.3. The average Bonchev–Trinajstić information content (AvgIpc) is 3.14. The summed E-state index contributed by atoms with van der Waals surface area (Å²) in [5, 5.41) is 12.6. The van der Waals surface area contributed by atoms with Gasteiger partial charge in [0.15, 0.2) is 0 Å². The second kappa shape index (κ2) is 6.11. The Morgan fingerprint density at radius 1 is 1.18 bits per heavy atom. The first kappa shape index (κ1) is 15.1. The van der Waals surface area contributed by atoms with Crippen LogP contribution in [0.15, 0.2) is 30.3 Å². The van der Waals surface area contributed by atoms with Crippen LogP contribution in [-0.4, -0.2) is 17.0 Å². The quantitative estimate of drug-likeness (QED) is 0.878. The summed E-state index contributed by atoms with van der Waals surface area (Å²) in [5.41, 5.74) is 1.08. The molecular weight excluding hydrogens is 278 g/mol. The topological polar surface area (TPSA) is 66.4 Å². The lowest BCUT2D eigenvalue weighted by molar-refractivity contribution is -0.149. The molecule has 0 unspecified atom stereocenters. The zero-order valence-corrected chi connectivity index (χ0v) is 12.9. The zero-order valence-electron chi connectivity index (χ0n) is 12.9. The highest BCUT2D eigenvalue weighted by Gasteiger charge is 2.54. The van der Waals surface area contributed by atoms with Gasteiger partial charge in [-0.1, -0.05) is 37.3 Å². The molecule has 0 aliphatic heterocycles. The van der Waals surface area contributed by atoms with Gasteiger partial charge < -0.3 is 10.4 Å². The van der Waals surface area contributed by atoms with Gasteiger partial charge in [-0.15, -0.1) is 0 Å². The molecule has 0 spiro atoms. The van der Waals surface area contributed by atoms with Crippen molar-refractivity contribution >= 4 is 11.9 Å². The van der Waals surface area contributed by atoms with E-state index < -0.39 is 11.9 Å². The lowest BCUT2D eigenvalue weighted by atomic mass is 9.78. The van der Waals surface area contributed by atoms with Crippen molar-refractivity contribution in [3.8, 4) is 0 Å². The fourth-order valence-corrected chi connectivity index (χ4v) is 4.40. The molecule has 2 aliphatic rings. The molecule has 1 amide bonds. The third kappa shape index (κ3) is 2.62. The smallest absolute Gasteiger partial charge is 0.307 e. The van der Waals surface area contributed by atoms with Crippen LogP contribution < -0.4 is 5.32 Å². The number of aliphatic carboxylic acids is 1. The van der Waals surface area contributed by atoms with Gasteiger partial charge in [0, 0.05) is 0 Å². The number of amides is 1. The Bertz CT molecular complexity index is 557. The maximum Gasteiger partial charge on any atom is 0.307 e. The minimum atomic E-state index is -0.805. The van der Waals surface area contributed by atoms with Crippen molar-refractivity contribution in [2.24, 2.45) is 23.7 Å². The summed E-state index contributed by atoms with van der Waals surface area (Å²) >= 11 is 0. The Hall–Kier alpha value is -1.84. The monoisotopic (exact) mass is 301 g/mol. The molecule has 5 atom stereocenters. The van der Waals surface area contributed by atoms with Crippen molar-refractivity contribution in [3.63, 3.8) is 0 Å². The minimum absolute atomic E-state index is 0.0396. The van der Waals surface area contributed by atoms with Crippen LogP contribution >= 0.6 is 0 Å². The van der Waals surface area contributed by atoms with Gasteiger partial charge in [0.1, 0.15) is 0 Å². The number of carboxylic acid groups (broad SMARTS) is 1. The molecule has 22 heavy (non-hydrogen) atoms. The van der Waals surface area contributed by atoms with Crippen molar-refractivity contribution in [3.05, 3.63) is 35.9 Å². The number of fused-ring (bicyclic) bond motifs is 2. The third-order valence-corrected chi connectivity index (χ3v) is 5.43. The lowest BCUT2D eigenvalue weighted by Gasteiger charge is -2.29. The Balaban J connectivity index is 1.74. The predicted molar refractivity (Wildman–Crippen MR) is 83.1 cm³/mol. The Morgan fingerprint density at radius 3 is 2.41 bits per heavy atom. The number of carboxylic acids is 1. The molecule has 3 rings (SSSR count). The van der Waals surface area contributed by atoms with E-state index in [2.05, 4.69) is 5.32 Å². The molecular formula is C18H23NO3. The van der Waals surface area contributed by atoms with Gasteiger partial charge >= 0.3 is 5.97 Å². The number of hydrogen-bond acceptors (Lipinski definition) is 2. The molecule has 2 aliphatic carbocycles. The molecule has 0 radical (unpaired) electrons. The van der Waals surface area contributed by atoms with Crippen molar-refractivity contribution in [2.45, 2.75) is 38.6 Å². The summed E-state index contributed by atoms with van der Waals surface area (Å²) < 4.78 is 0. The molecule has 1 aromatic carbocycles. The first-order chi connectivity index (χ1) is 10.6. The highest BCUT2D eigenvalue weighted by atomic mass is 16.4. The summed E-state index contributed by atoms with van der Waals surface area (Å²) in [6.45, 7) is 2.04. The van der Waals surface area contributed by atoms with Gasteiger partial charge in [-0.25, -0.2) is 0 Å². The molecule has 0 saturated heterocycles. The molecule has 1 aromatic rings. The predicted octanol–water partition coefficient (Wildman–Crippen LogP) is 3.00. The number of benzene rings is 1. The van der Waals surface area contributed by atoms with E-state index in [-0.39, 0.29) is 29.7 Å². The van der Waals surface area contributed by atoms with E-state index in [1.807, 2.05) is 37.3 Å². The SMILES string of the molecule is CC[C@@H](NC(=O)[C@@H]1[C@@H]2CC[C@@H](C2)[C@@H]1C(=O)O)c1ccccc1. The Morgan fingerprint density at radius 2 is 1.82 bits per heavy atom. The molecule has 0 aromatic heterocycles. The van der Waals surface area contributed by atoms with Crippen molar-refractivity contribution in [2.75, 3.05) is 0 Å². The van der Waals surface area contributed by atoms with Crippen molar-refractivity contribution in [1.29, 1.82) is 0 Å². The van der Waals surface area contributed by atoms with Crippen molar-refractivity contribution < 1.29 is 14.7 Å². The Labute approximate surface area is 130 Å². The average molecular weight is 301 g/mol. The van der Waals surface area contributed by atoms with Crippen LogP contribution in [-0.2, 0) is 9.59 Å². The molecule has 2 bridgehead atoms. The van der Waals surface area contributed by atoms with E-state index in [0.717, 1.165) is 31.2 Å². The highest BCUT2D eigenvalue weighted by molar-refractivity contribution is 5.86. The maximum atomic E-state index is 12.7. The molecule has 2 N–H and O–H groups in total. The maximum absolute atomic E-state index is 12.7. The second-order valence-electron chi connectivity index (χ2n) is 6.60. The third-order valence-electron chi connectivity index (χ3n) is 5.43. The molecule has 118 valence electrons. The van der Waals surface area contributed by atoms with Gasteiger partial charge in [0.2, 0.25) is 5.91 Å². The standard InChI is InChI=1S/C18H23NO3/c1-2-14(11-6-4-3-5-7-11)19-17(20)15-12-8-9-13(10-12)16(15)18(21)22/h3-7,12-16H,2,8-10H2,1H3,(H,19,20)(H,21,22)/t12-,13+,14-,15-,16+/m1/s1. The summed E-state index contributed by atoms with van der Waals surface area (Å²) in [7, 11) is 0. The highest BCUT2D eigenvalue weighted by Crippen LogP contribution is 2.52. The number of carbonyl (C=O) groups excluding carboxylic acids is 1. The normalized spacial score (nSPS) is 31.0. The number of carbonyl (C=O) groups is 2. The van der Waals surface area contributed by atoms with Crippen LogP contribution in [0.2, 0.25) is 0 Å². The van der Waals surface area contributed by atoms with Gasteiger partial charge in [0.25, 0.3) is 0 Å². The van der Waals surface area contributed by atoms with Crippen LogP contribution in [0, 0.1) is 23.7 Å². The largest absolute Gasteiger partial charge is 0.481 e. The van der Waals surface area contributed by atoms with Gasteiger partial charge in [-0.3, -0.25) is 9.59 Å². The molecule has 2 fully saturated rings. The fraction of sp³-hybridized carbons (Fsp3) is 0.556. The van der Waals surface area contributed by atoms with E-state index in [9.17, 15) is 14.7 Å². The van der Waals surface area contributed by atoms with Gasteiger partial charge in [0.05, 0.1) is 17.9 Å². The van der Waals surface area contributed by atoms with E-state index in [1.165, 1.54) is 0 Å². The van der Waals surface area contributed by atoms with E-state index in [4.69, 9.17) is 0 Å².